The van der Waals surface area contributed by atoms with Crippen LogP contribution in [0.2, 0.25) is 0 Å². The van der Waals surface area contributed by atoms with Crippen molar-refractivity contribution in [3.63, 3.8) is 0 Å². The lowest BCUT2D eigenvalue weighted by molar-refractivity contribution is -0.118. The van der Waals surface area contributed by atoms with Crippen LogP contribution in [0.1, 0.15) is 77.6 Å². The predicted molar refractivity (Wildman–Crippen MR) is 73.6 cm³/mol. The van der Waals surface area contributed by atoms with Gasteiger partial charge in [-0.05, 0) is 6.42 Å². The van der Waals surface area contributed by atoms with Crippen LogP contribution in [0.3, 0.4) is 0 Å². The lowest BCUT2D eigenvalue weighted by Crippen LogP contribution is -2.27. The molecular weight excluding hydrogens is 212 g/mol. The molecule has 0 fully saturated rings. The fourth-order valence-corrected chi connectivity index (χ4v) is 2.08. The quantitative estimate of drug-likeness (QED) is 0.516. The summed E-state index contributed by atoms with van der Waals surface area (Å²) in [6.07, 6.45) is 13.1. The third-order valence-corrected chi connectivity index (χ3v) is 3.14. The monoisotopic (exact) mass is 242 g/mol. The van der Waals surface area contributed by atoms with Gasteiger partial charge >= 0.3 is 0 Å². The van der Waals surface area contributed by atoms with Crippen LogP contribution >= 0.6 is 0 Å². The Morgan fingerprint density at radius 2 is 1.41 bits per heavy atom. The van der Waals surface area contributed by atoms with Gasteiger partial charge in [-0.3, -0.25) is 4.79 Å². The summed E-state index contributed by atoms with van der Waals surface area (Å²) >= 11 is 0. The first-order valence-electron chi connectivity index (χ1n) is 7.20. The summed E-state index contributed by atoms with van der Waals surface area (Å²) in [5.74, 6) is -0.284. The zero-order valence-corrected chi connectivity index (χ0v) is 11.4. The van der Waals surface area contributed by atoms with E-state index in [2.05, 4.69) is 6.92 Å². The zero-order valence-electron chi connectivity index (χ0n) is 11.4. The van der Waals surface area contributed by atoms with Crippen LogP contribution in [0.5, 0.6) is 0 Å². The van der Waals surface area contributed by atoms with Crippen LogP contribution in [-0.2, 0) is 4.79 Å². The highest BCUT2D eigenvalue weighted by Crippen LogP contribution is 2.11. The summed E-state index contributed by atoms with van der Waals surface area (Å²) in [5.41, 5.74) is 10.9. The summed E-state index contributed by atoms with van der Waals surface area (Å²) in [7, 11) is 0. The molecule has 0 saturated carbocycles. The number of unbranched alkanes of at least 4 members (excludes halogenated alkanes) is 8. The minimum Gasteiger partial charge on any atom is -0.370 e. The van der Waals surface area contributed by atoms with Crippen molar-refractivity contribution in [2.75, 3.05) is 0 Å². The topological polar surface area (TPSA) is 69.1 Å². The molecule has 0 saturated heterocycles. The fourth-order valence-electron chi connectivity index (χ4n) is 2.08. The van der Waals surface area contributed by atoms with Gasteiger partial charge in [0.25, 0.3) is 0 Å². The number of hydrogen-bond donors (Lipinski definition) is 2. The summed E-state index contributed by atoms with van der Waals surface area (Å²) < 4.78 is 0. The Morgan fingerprint density at radius 3 is 1.88 bits per heavy atom. The molecule has 0 aromatic heterocycles. The van der Waals surface area contributed by atoms with Gasteiger partial charge in [0.2, 0.25) is 5.91 Å². The number of carbonyl (C=O) groups excluding carboxylic acids is 1. The second-order valence-corrected chi connectivity index (χ2v) is 5.05. The molecule has 0 spiro atoms. The highest BCUT2D eigenvalue weighted by atomic mass is 16.1. The van der Waals surface area contributed by atoms with Crippen LogP contribution in [0.4, 0.5) is 0 Å². The zero-order chi connectivity index (χ0) is 12.9. The van der Waals surface area contributed by atoms with E-state index in [4.69, 9.17) is 11.5 Å². The average molecular weight is 242 g/mol. The molecule has 0 aliphatic carbocycles. The van der Waals surface area contributed by atoms with Crippen LogP contribution in [0.25, 0.3) is 0 Å². The van der Waals surface area contributed by atoms with Gasteiger partial charge in [-0.2, -0.15) is 0 Å². The number of primary amides is 1. The molecule has 0 aliphatic rings. The Kier molecular flexibility index (Phi) is 11.5. The normalized spacial score (nSPS) is 12.6. The number of carbonyl (C=O) groups is 1. The lowest BCUT2D eigenvalue weighted by Gasteiger charge is -2.08. The van der Waals surface area contributed by atoms with Gasteiger partial charge in [-0.25, -0.2) is 0 Å². The van der Waals surface area contributed by atoms with Crippen molar-refractivity contribution in [1.82, 2.24) is 0 Å². The first-order valence-corrected chi connectivity index (χ1v) is 7.20. The highest BCUT2D eigenvalue weighted by Gasteiger charge is 2.05. The maximum atomic E-state index is 10.6. The Balaban J connectivity index is 3.10. The molecule has 3 nitrogen and oxygen atoms in total. The van der Waals surface area contributed by atoms with Gasteiger partial charge in [0.05, 0.1) is 0 Å². The molecule has 0 rings (SSSR count). The van der Waals surface area contributed by atoms with Crippen molar-refractivity contribution < 1.29 is 4.79 Å². The van der Waals surface area contributed by atoms with Gasteiger partial charge < -0.3 is 11.5 Å². The first-order chi connectivity index (χ1) is 8.16. The summed E-state index contributed by atoms with van der Waals surface area (Å²) in [4.78, 5) is 10.6. The number of nitrogens with two attached hydrogens (primary N) is 2. The van der Waals surface area contributed by atoms with E-state index in [-0.39, 0.29) is 11.9 Å². The molecule has 0 aromatic rings. The van der Waals surface area contributed by atoms with E-state index in [0.29, 0.717) is 6.42 Å². The predicted octanol–water partition coefficient (Wildman–Crippen LogP) is 3.11. The summed E-state index contributed by atoms with van der Waals surface area (Å²) in [6, 6.07) is -0.0305. The van der Waals surface area contributed by atoms with Crippen molar-refractivity contribution in [3.05, 3.63) is 0 Å². The van der Waals surface area contributed by atoms with Crippen LogP contribution in [0.15, 0.2) is 0 Å². The van der Waals surface area contributed by atoms with Crippen molar-refractivity contribution in [2.24, 2.45) is 11.5 Å². The molecule has 1 atom stereocenters. The molecule has 0 aliphatic heterocycles. The number of rotatable bonds is 12. The van der Waals surface area contributed by atoms with Crippen molar-refractivity contribution in [2.45, 2.75) is 83.6 Å². The maximum Gasteiger partial charge on any atom is 0.218 e. The molecule has 1 amide bonds. The van der Waals surface area contributed by atoms with Crippen LogP contribution < -0.4 is 11.5 Å². The Morgan fingerprint density at radius 1 is 0.941 bits per heavy atom. The molecule has 17 heavy (non-hydrogen) atoms. The Labute approximate surface area is 106 Å². The first kappa shape index (κ1) is 16.4. The summed E-state index contributed by atoms with van der Waals surface area (Å²) in [6.45, 7) is 2.25. The average Bonchev–Trinajstić information content (AvgIpc) is 2.26. The molecule has 102 valence electrons. The maximum absolute atomic E-state index is 10.6. The second-order valence-electron chi connectivity index (χ2n) is 5.05. The van der Waals surface area contributed by atoms with E-state index < -0.39 is 0 Å². The van der Waals surface area contributed by atoms with Crippen LogP contribution in [0, 0.1) is 0 Å². The van der Waals surface area contributed by atoms with E-state index in [1.165, 1.54) is 51.4 Å². The van der Waals surface area contributed by atoms with Crippen molar-refractivity contribution in [1.29, 1.82) is 0 Å². The number of hydrogen-bond acceptors (Lipinski definition) is 2. The fraction of sp³-hybridized carbons (Fsp3) is 0.929. The van der Waals surface area contributed by atoms with E-state index in [0.717, 1.165) is 12.8 Å². The minimum atomic E-state index is -0.284. The minimum absolute atomic E-state index is 0.0305. The van der Waals surface area contributed by atoms with Gasteiger partial charge in [0.1, 0.15) is 0 Å². The van der Waals surface area contributed by atoms with E-state index in [9.17, 15) is 4.79 Å². The Bertz CT molecular complexity index is 183. The molecule has 1 unspecified atom stereocenters. The number of amides is 1. The molecule has 0 aromatic carbocycles. The summed E-state index contributed by atoms with van der Waals surface area (Å²) in [5, 5.41) is 0. The molecule has 3 heteroatoms. The van der Waals surface area contributed by atoms with Gasteiger partial charge in [0, 0.05) is 12.5 Å². The second kappa shape index (κ2) is 11.9. The van der Waals surface area contributed by atoms with Crippen molar-refractivity contribution in [3.8, 4) is 0 Å². The SMILES string of the molecule is CCCCCCCCCCCC(N)CC(N)=O. The largest absolute Gasteiger partial charge is 0.370 e. The third kappa shape index (κ3) is 13.4. The van der Waals surface area contributed by atoms with E-state index in [1.807, 2.05) is 0 Å². The molecule has 0 bridgehead atoms. The molecule has 4 N–H and O–H groups in total. The standard InChI is InChI=1S/C14H30N2O/c1-2-3-4-5-6-7-8-9-10-11-13(15)12-14(16)17/h13H,2-12,15H2,1H3,(H2,16,17). The highest BCUT2D eigenvalue weighted by molar-refractivity contribution is 5.74. The molecule has 0 heterocycles. The molecular formula is C14H30N2O. The van der Waals surface area contributed by atoms with Gasteiger partial charge in [-0.15, -0.1) is 0 Å². The van der Waals surface area contributed by atoms with E-state index >= 15 is 0 Å². The van der Waals surface area contributed by atoms with E-state index in [1.54, 1.807) is 0 Å². The molecule has 0 radical (unpaired) electrons. The van der Waals surface area contributed by atoms with Crippen molar-refractivity contribution >= 4 is 5.91 Å². The van der Waals surface area contributed by atoms with Gasteiger partial charge in [-0.1, -0.05) is 64.7 Å². The third-order valence-electron chi connectivity index (χ3n) is 3.14. The Hall–Kier alpha value is -0.570. The van der Waals surface area contributed by atoms with Crippen LogP contribution in [-0.4, -0.2) is 11.9 Å². The smallest absolute Gasteiger partial charge is 0.218 e. The van der Waals surface area contributed by atoms with Gasteiger partial charge in [0.15, 0.2) is 0 Å². The lowest BCUT2D eigenvalue weighted by atomic mass is 10.0.